The van der Waals surface area contributed by atoms with Gasteiger partial charge in [0, 0.05) is 25.1 Å². The summed E-state index contributed by atoms with van der Waals surface area (Å²) < 4.78 is 10.8. The highest BCUT2D eigenvalue weighted by Gasteiger charge is 2.51. The van der Waals surface area contributed by atoms with Crippen LogP contribution in [0.3, 0.4) is 0 Å². The summed E-state index contributed by atoms with van der Waals surface area (Å²) in [5, 5.41) is 9.38. The van der Waals surface area contributed by atoms with Crippen molar-refractivity contribution in [3.05, 3.63) is 0 Å². The average molecular weight is 384 g/mol. The van der Waals surface area contributed by atoms with Gasteiger partial charge in [0.1, 0.15) is 17.2 Å². The van der Waals surface area contributed by atoms with Crippen LogP contribution in [0.4, 0.5) is 9.59 Å². The Morgan fingerprint density at radius 2 is 1.67 bits per heavy atom. The number of hydrogen-bond acceptors (Lipinski definition) is 6. The number of nitrogens with zero attached hydrogens (tertiary/aromatic N) is 2. The van der Waals surface area contributed by atoms with E-state index in [-0.39, 0.29) is 12.5 Å². The molecule has 27 heavy (non-hydrogen) atoms. The molecule has 8 heteroatoms. The summed E-state index contributed by atoms with van der Waals surface area (Å²) >= 11 is 0. The zero-order valence-corrected chi connectivity index (χ0v) is 17.2. The van der Waals surface area contributed by atoms with Crippen molar-refractivity contribution in [1.29, 1.82) is 0 Å². The number of hydrogen-bond donors (Lipinski definition) is 1. The fraction of sp³-hybridized carbons (Fsp3) is 0.842. The van der Waals surface area contributed by atoms with E-state index in [1.54, 1.807) is 41.5 Å². The lowest BCUT2D eigenvalue weighted by atomic mass is 10.2. The number of aliphatic hydroxyl groups excluding tert-OH is 1. The highest BCUT2D eigenvalue weighted by molar-refractivity contribution is 5.97. The zero-order chi connectivity index (χ0) is 20.6. The van der Waals surface area contributed by atoms with Crippen molar-refractivity contribution in [2.75, 3.05) is 13.2 Å². The lowest BCUT2D eigenvalue weighted by Crippen LogP contribution is -2.52. The molecule has 1 saturated carbocycles. The fourth-order valence-electron chi connectivity index (χ4n) is 3.17. The summed E-state index contributed by atoms with van der Waals surface area (Å²) in [4.78, 5) is 40.8. The predicted molar refractivity (Wildman–Crippen MR) is 98.0 cm³/mol. The van der Waals surface area contributed by atoms with Crippen LogP contribution in [0.5, 0.6) is 0 Å². The molecule has 8 nitrogen and oxygen atoms in total. The Bertz CT molecular complexity index is 592. The first kappa shape index (κ1) is 21.5. The highest BCUT2D eigenvalue weighted by atomic mass is 16.6. The van der Waals surface area contributed by atoms with Gasteiger partial charge in [-0.2, -0.15) is 0 Å². The molecule has 0 spiro atoms. The molecule has 1 heterocycles. The molecule has 0 bridgehead atoms. The van der Waals surface area contributed by atoms with E-state index < -0.39 is 41.4 Å². The monoisotopic (exact) mass is 384 g/mol. The van der Waals surface area contributed by atoms with Crippen molar-refractivity contribution in [3.63, 3.8) is 0 Å². The Morgan fingerprint density at radius 1 is 1.07 bits per heavy atom. The largest absolute Gasteiger partial charge is 0.444 e. The van der Waals surface area contributed by atoms with Crippen LogP contribution in [0.1, 0.15) is 60.8 Å². The number of aliphatic hydroxyl groups is 1. The number of ether oxygens (including phenoxy) is 2. The van der Waals surface area contributed by atoms with Gasteiger partial charge in [-0.15, -0.1) is 0 Å². The minimum atomic E-state index is -0.757. The lowest BCUT2D eigenvalue weighted by Gasteiger charge is -2.32. The Hall–Kier alpha value is -1.83. The molecule has 1 saturated heterocycles. The van der Waals surface area contributed by atoms with Crippen LogP contribution in [0.15, 0.2) is 0 Å². The van der Waals surface area contributed by atoms with Crippen molar-refractivity contribution in [1.82, 2.24) is 9.80 Å². The van der Waals surface area contributed by atoms with E-state index in [9.17, 15) is 19.5 Å². The molecule has 2 aliphatic rings. The Labute approximate surface area is 160 Å². The van der Waals surface area contributed by atoms with Crippen LogP contribution in [0.2, 0.25) is 0 Å². The molecule has 0 radical (unpaired) electrons. The van der Waals surface area contributed by atoms with Gasteiger partial charge in [-0.3, -0.25) is 9.69 Å². The average Bonchev–Trinajstić information content (AvgIpc) is 3.06. The van der Waals surface area contributed by atoms with E-state index in [1.807, 2.05) is 0 Å². The predicted octanol–water partition coefficient (Wildman–Crippen LogP) is 2.53. The number of amides is 3. The maximum atomic E-state index is 13.2. The van der Waals surface area contributed by atoms with E-state index >= 15 is 0 Å². The quantitative estimate of drug-likeness (QED) is 0.803. The van der Waals surface area contributed by atoms with Crippen LogP contribution in [-0.2, 0) is 14.3 Å². The Morgan fingerprint density at radius 3 is 2.15 bits per heavy atom. The van der Waals surface area contributed by atoms with E-state index in [1.165, 1.54) is 4.90 Å². The van der Waals surface area contributed by atoms with Gasteiger partial charge in [-0.1, -0.05) is 0 Å². The number of carbonyl (C=O) groups excluding carboxylic acids is 3. The summed E-state index contributed by atoms with van der Waals surface area (Å²) in [6.45, 7) is 10.8. The first-order valence-electron chi connectivity index (χ1n) is 9.50. The minimum absolute atomic E-state index is 0.0995. The van der Waals surface area contributed by atoms with Crippen LogP contribution in [0, 0.1) is 5.92 Å². The number of likely N-dealkylation sites (tertiary alicyclic amines) is 1. The van der Waals surface area contributed by atoms with Crippen LogP contribution in [0.25, 0.3) is 0 Å². The van der Waals surface area contributed by atoms with Crippen molar-refractivity contribution in [2.45, 2.75) is 84.1 Å². The number of carbonyl (C=O) groups is 3. The lowest BCUT2D eigenvalue weighted by molar-refractivity contribution is -0.135. The van der Waals surface area contributed by atoms with Crippen LogP contribution < -0.4 is 0 Å². The fourth-order valence-corrected chi connectivity index (χ4v) is 3.17. The second kappa shape index (κ2) is 7.66. The van der Waals surface area contributed by atoms with E-state index in [4.69, 9.17) is 9.47 Å². The molecule has 1 unspecified atom stereocenters. The summed E-state index contributed by atoms with van der Waals surface area (Å²) in [6.07, 6.45) is 0.377. The van der Waals surface area contributed by atoms with Gasteiger partial charge in [-0.05, 0) is 60.8 Å². The van der Waals surface area contributed by atoms with Gasteiger partial charge < -0.3 is 14.6 Å². The maximum Gasteiger partial charge on any atom is 0.417 e. The molecular formula is C19H32N2O6. The summed E-state index contributed by atoms with van der Waals surface area (Å²) in [5.41, 5.74) is -1.42. The third kappa shape index (κ3) is 5.57. The molecule has 1 aliphatic heterocycles. The molecule has 2 rings (SSSR count). The molecular weight excluding hydrogens is 352 g/mol. The van der Waals surface area contributed by atoms with Gasteiger partial charge in [0.2, 0.25) is 0 Å². The smallest absolute Gasteiger partial charge is 0.417 e. The second-order valence-electron chi connectivity index (χ2n) is 9.27. The minimum Gasteiger partial charge on any atom is -0.444 e. The van der Waals surface area contributed by atoms with Gasteiger partial charge in [-0.25, -0.2) is 14.5 Å². The molecule has 2 fully saturated rings. The van der Waals surface area contributed by atoms with E-state index in [2.05, 4.69) is 0 Å². The van der Waals surface area contributed by atoms with E-state index in [0.29, 0.717) is 25.8 Å². The van der Waals surface area contributed by atoms with Crippen molar-refractivity contribution in [2.24, 2.45) is 5.92 Å². The third-order valence-corrected chi connectivity index (χ3v) is 4.44. The molecule has 1 aliphatic carbocycles. The van der Waals surface area contributed by atoms with Gasteiger partial charge in [0.15, 0.2) is 0 Å². The summed E-state index contributed by atoms with van der Waals surface area (Å²) in [7, 11) is 0. The summed E-state index contributed by atoms with van der Waals surface area (Å²) in [6, 6.07) is -1.15. The number of rotatable bonds is 3. The molecule has 0 aromatic rings. The maximum absolute atomic E-state index is 13.2. The Balaban J connectivity index is 2.18. The van der Waals surface area contributed by atoms with Gasteiger partial charge in [0.25, 0.3) is 5.91 Å². The third-order valence-electron chi connectivity index (χ3n) is 4.44. The topological polar surface area (TPSA) is 96.4 Å². The molecule has 0 aromatic heterocycles. The first-order chi connectivity index (χ1) is 12.3. The van der Waals surface area contributed by atoms with E-state index in [0.717, 1.165) is 4.90 Å². The van der Waals surface area contributed by atoms with Crippen molar-refractivity contribution in [3.8, 4) is 0 Å². The SMILES string of the molecule is CC(C)(C)OC(=O)N1CCCC1C(=O)N(C(=O)OC(C)(C)C)[C@@H]1C[C@H]1CO. The van der Waals surface area contributed by atoms with Gasteiger partial charge in [0.05, 0.1) is 0 Å². The molecule has 3 atom stereocenters. The van der Waals surface area contributed by atoms with Gasteiger partial charge >= 0.3 is 12.2 Å². The van der Waals surface area contributed by atoms with Crippen LogP contribution >= 0.6 is 0 Å². The Kier molecular flexibility index (Phi) is 6.09. The number of imide groups is 1. The molecule has 3 amide bonds. The van der Waals surface area contributed by atoms with Crippen molar-refractivity contribution >= 4 is 18.1 Å². The van der Waals surface area contributed by atoms with Crippen LogP contribution in [-0.4, -0.2) is 69.4 Å². The zero-order valence-electron chi connectivity index (χ0n) is 17.2. The second-order valence-corrected chi connectivity index (χ2v) is 9.27. The molecule has 0 aromatic carbocycles. The first-order valence-corrected chi connectivity index (χ1v) is 9.50. The highest BCUT2D eigenvalue weighted by Crippen LogP contribution is 2.37. The summed E-state index contributed by atoms with van der Waals surface area (Å²) in [5.74, 6) is -0.605. The normalized spacial score (nSPS) is 25.1. The van der Waals surface area contributed by atoms with Crippen molar-refractivity contribution < 1.29 is 29.0 Å². The molecule has 1 N–H and O–H groups in total. The molecule has 154 valence electrons. The standard InChI is InChI=1S/C19H32N2O6/c1-18(2,3)26-16(24)20-9-7-8-13(20)15(23)21(14-10-12(14)11-22)17(25)27-19(4,5)6/h12-14,22H,7-11H2,1-6H3/t12-,13?,14+/m0/s1.